The maximum absolute atomic E-state index is 9.18. The van der Waals surface area contributed by atoms with Crippen LogP contribution in [0.25, 0.3) is 0 Å². The molecule has 21 heavy (non-hydrogen) atoms. The van der Waals surface area contributed by atoms with Gasteiger partial charge in [-0.05, 0) is 29.9 Å². The van der Waals surface area contributed by atoms with Crippen molar-refractivity contribution in [3.8, 4) is 11.5 Å². The Morgan fingerprint density at radius 3 is 2.52 bits per heavy atom. The summed E-state index contributed by atoms with van der Waals surface area (Å²) in [5.41, 5.74) is 1.33. The average Bonchev–Trinajstić information content (AvgIpc) is 2.54. The van der Waals surface area contributed by atoms with Gasteiger partial charge < -0.3 is 19.3 Å². The third-order valence-electron chi connectivity index (χ3n) is 4.14. The van der Waals surface area contributed by atoms with E-state index in [0.29, 0.717) is 13.2 Å². The lowest BCUT2D eigenvalue weighted by atomic mass is 10.2. The zero-order valence-electron chi connectivity index (χ0n) is 12.4. The van der Waals surface area contributed by atoms with Gasteiger partial charge in [-0.1, -0.05) is 6.07 Å². The van der Waals surface area contributed by atoms with Gasteiger partial charge in [-0.15, -0.1) is 0 Å². The highest BCUT2D eigenvalue weighted by Gasteiger charge is 2.27. The zero-order chi connectivity index (χ0) is 14.5. The molecule has 0 unspecified atom stereocenters. The van der Waals surface area contributed by atoms with Crippen molar-refractivity contribution < 1.29 is 19.3 Å². The number of benzene rings is 1. The number of aliphatic hydroxyl groups excluding tert-OH is 1. The Kier molecular flexibility index (Phi) is 4.93. The first-order chi connectivity index (χ1) is 10.3. The summed E-state index contributed by atoms with van der Waals surface area (Å²) in [4.78, 5) is 0. The van der Waals surface area contributed by atoms with Crippen molar-refractivity contribution in [2.75, 3.05) is 50.3 Å². The number of hydrogen-bond acceptors (Lipinski definition) is 4. The molecule has 0 bridgehead atoms. The molecule has 0 spiro atoms. The quantitative estimate of drug-likeness (QED) is 0.905. The van der Waals surface area contributed by atoms with Crippen LogP contribution in [0.3, 0.4) is 0 Å². The lowest BCUT2D eigenvalue weighted by molar-refractivity contribution is 0.158. The van der Waals surface area contributed by atoms with Crippen LogP contribution in [0.1, 0.15) is 12.0 Å². The smallest absolute Gasteiger partial charge is 0.161 e. The lowest BCUT2D eigenvalue weighted by Gasteiger charge is -2.43. The van der Waals surface area contributed by atoms with Crippen molar-refractivity contribution >= 4 is 10.0 Å². The molecule has 2 aliphatic rings. The Labute approximate surface area is 127 Å². The largest absolute Gasteiger partial charge is 0.486 e. The molecule has 2 aliphatic heterocycles. The lowest BCUT2D eigenvalue weighted by Crippen LogP contribution is -2.27. The molecule has 0 amide bonds. The first-order valence-corrected chi connectivity index (χ1v) is 9.93. The van der Waals surface area contributed by atoms with E-state index in [-0.39, 0.29) is 6.61 Å². The molecule has 0 atom stereocenters. The second-order valence-electron chi connectivity index (χ2n) is 5.65. The molecule has 1 saturated heterocycles. The Morgan fingerprint density at radius 1 is 1.00 bits per heavy atom. The molecule has 3 rings (SSSR count). The van der Waals surface area contributed by atoms with Crippen LogP contribution in [0, 0.1) is 0 Å². The fourth-order valence-electron chi connectivity index (χ4n) is 3.00. The van der Waals surface area contributed by atoms with Crippen molar-refractivity contribution in [3.05, 3.63) is 23.8 Å². The minimum atomic E-state index is -0.721. The van der Waals surface area contributed by atoms with Gasteiger partial charge in [-0.3, -0.25) is 0 Å². The summed E-state index contributed by atoms with van der Waals surface area (Å²) in [6, 6.07) is 6.33. The van der Waals surface area contributed by atoms with Gasteiger partial charge in [0.25, 0.3) is 0 Å². The normalized spacial score (nSPS) is 21.8. The van der Waals surface area contributed by atoms with E-state index in [1.807, 2.05) is 6.07 Å². The standard InChI is InChI=1S/C16H24O4S/c17-4-1-9-21(10-7-18-8-11-21)13-14-2-3-15-16(12-14)20-6-5-19-15/h2-3,12,17H,1,4-11,13H2. The SMILES string of the molecule is OCCCS1(Cc2ccc3c(c2)OCCO3)CCOCC1. The highest BCUT2D eigenvalue weighted by molar-refractivity contribution is 8.33. The first-order valence-electron chi connectivity index (χ1n) is 7.63. The summed E-state index contributed by atoms with van der Waals surface area (Å²) in [7, 11) is -0.721. The van der Waals surface area contributed by atoms with Crippen LogP contribution >= 0.6 is 10.0 Å². The zero-order valence-corrected chi connectivity index (χ0v) is 13.2. The Bertz CT molecular complexity index is 471. The van der Waals surface area contributed by atoms with Gasteiger partial charge in [0.1, 0.15) is 13.2 Å². The van der Waals surface area contributed by atoms with E-state index < -0.39 is 10.0 Å². The van der Waals surface area contributed by atoms with E-state index in [4.69, 9.17) is 14.2 Å². The Morgan fingerprint density at radius 2 is 1.76 bits per heavy atom. The highest BCUT2D eigenvalue weighted by atomic mass is 32.3. The van der Waals surface area contributed by atoms with Crippen LogP contribution in [-0.2, 0) is 10.5 Å². The van der Waals surface area contributed by atoms with Crippen molar-refractivity contribution in [3.63, 3.8) is 0 Å². The number of ether oxygens (including phenoxy) is 3. The molecule has 0 aromatic heterocycles. The molecule has 1 fully saturated rings. The topological polar surface area (TPSA) is 47.9 Å². The second-order valence-corrected chi connectivity index (χ2v) is 9.61. The van der Waals surface area contributed by atoms with Gasteiger partial charge in [0, 0.05) is 23.9 Å². The van der Waals surface area contributed by atoms with E-state index in [0.717, 1.165) is 54.1 Å². The molecule has 1 aromatic rings. The van der Waals surface area contributed by atoms with Crippen molar-refractivity contribution in [2.45, 2.75) is 12.2 Å². The van der Waals surface area contributed by atoms with E-state index in [1.54, 1.807) is 0 Å². The third kappa shape index (κ3) is 3.65. The predicted octanol–water partition coefficient (Wildman–Crippen LogP) is 2.17. The van der Waals surface area contributed by atoms with Crippen molar-refractivity contribution in [1.29, 1.82) is 0 Å². The maximum Gasteiger partial charge on any atom is 0.161 e. The minimum absolute atomic E-state index is 0.288. The number of hydrogen-bond donors (Lipinski definition) is 1. The van der Waals surface area contributed by atoms with Gasteiger partial charge in [0.15, 0.2) is 11.5 Å². The monoisotopic (exact) mass is 312 g/mol. The van der Waals surface area contributed by atoms with Crippen LogP contribution in [-0.4, -0.2) is 55.4 Å². The Hall–Kier alpha value is -0.910. The van der Waals surface area contributed by atoms with Gasteiger partial charge in [0.05, 0.1) is 13.2 Å². The van der Waals surface area contributed by atoms with Crippen LogP contribution in [0.2, 0.25) is 0 Å². The van der Waals surface area contributed by atoms with Crippen LogP contribution in [0.15, 0.2) is 18.2 Å². The molecule has 118 valence electrons. The summed E-state index contributed by atoms with van der Waals surface area (Å²) in [5.74, 6) is 6.29. The van der Waals surface area contributed by atoms with Gasteiger partial charge >= 0.3 is 0 Å². The fraction of sp³-hybridized carbons (Fsp3) is 0.625. The number of rotatable bonds is 5. The van der Waals surface area contributed by atoms with Gasteiger partial charge in [0.2, 0.25) is 0 Å². The Balaban J connectivity index is 1.75. The van der Waals surface area contributed by atoms with Crippen LogP contribution in [0.4, 0.5) is 0 Å². The summed E-state index contributed by atoms with van der Waals surface area (Å²) >= 11 is 0. The summed E-state index contributed by atoms with van der Waals surface area (Å²) in [5, 5.41) is 9.18. The molecule has 0 aliphatic carbocycles. The third-order valence-corrected chi connectivity index (χ3v) is 8.30. The van der Waals surface area contributed by atoms with E-state index in [1.165, 1.54) is 5.56 Å². The molecule has 0 saturated carbocycles. The summed E-state index contributed by atoms with van der Waals surface area (Å²) in [6.07, 6.45) is 0.903. The van der Waals surface area contributed by atoms with E-state index >= 15 is 0 Å². The fourth-order valence-corrected chi connectivity index (χ4v) is 6.61. The van der Waals surface area contributed by atoms with Crippen LogP contribution < -0.4 is 9.47 Å². The minimum Gasteiger partial charge on any atom is -0.486 e. The van der Waals surface area contributed by atoms with Gasteiger partial charge in [-0.2, -0.15) is 0 Å². The first kappa shape index (κ1) is 15.0. The van der Waals surface area contributed by atoms with E-state index in [9.17, 15) is 5.11 Å². The molecule has 5 heteroatoms. The maximum atomic E-state index is 9.18. The molecular formula is C16H24O4S. The highest BCUT2D eigenvalue weighted by Crippen LogP contribution is 2.53. The molecule has 1 N–H and O–H groups in total. The summed E-state index contributed by atoms with van der Waals surface area (Å²) < 4.78 is 16.8. The number of aliphatic hydroxyl groups is 1. The molecule has 1 aromatic carbocycles. The van der Waals surface area contributed by atoms with Crippen molar-refractivity contribution in [1.82, 2.24) is 0 Å². The van der Waals surface area contributed by atoms with Gasteiger partial charge in [-0.25, -0.2) is 10.0 Å². The van der Waals surface area contributed by atoms with E-state index in [2.05, 4.69) is 12.1 Å². The van der Waals surface area contributed by atoms with Crippen molar-refractivity contribution in [2.24, 2.45) is 0 Å². The number of fused-ring (bicyclic) bond motifs is 1. The molecule has 0 radical (unpaired) electrons. The van der Waals surface area contributed by atoms with Crippen LogP contribution in [0.5, 0.6) is 11.5 Å². The molecule has 2 heterocycles. The molecule has 4 nitrogen and oxygen atoms in total. The predicted molar refractivity (Wildman–Crippen MR) is 85.8 cm³/mol. The second kappa shape index (κ2) is 6.90. The average molecular weight is 312 g/mol. The summed E-state index contributed by atoms with van der Waals surface area (Å²) in [6.45, 7) is 3.29. The molecular weight excluding hydrogens is 288 g/mol.